The van der Waals surface area contributed by atoms with E-state index in [2.05, 4.69) is 18.5 Å². The molecule has 39 heavy (non-hydrogen) atoms. The Bertz CT molecular complexity index is 961. The maximum atomic E-state index is 14.2. The number of nitrogens with one attached hydrogen (secondary N) is 1. The van der Waals surface area contributed by atoms with Crippen molar-refractivity contribution in [1.82, 2.24) is 15.1 Å². The standard InChI is InChI=1S/C29H45N3O7/c1-7-9-12-21(34)30-18-19(3)38-27(37)22-20-13-14-29(39-20)23(22)25(35)31(16-10-11-17-33)24(29)26(36)32(15-8-2)28(4,5)6/h7-8,19-20,22-24,33H,1-2,9-18H2,3-6H3,(H,30,34)/t19-,20-,22+,23+,24-,29+/m1/s1. The highest BCUT2D eigenvalue weighted by molar-refractivity contribution is 5.98. The second-order valence-electron chi connectivity index (χ2n) is 11.8. The van der Waals surface area contributed by atoms with Gasteiger partial charge in [0.15, 0.2) is 0 Å². The molecule has 3 heterocycles. The van der Waals surface area contributed by atoms with Crippen molar-refractivity contribution < 1.29 is 33.8 Å². The number of hydrogen-bond donors (Lipinski definition) is 2. The van der Waals surface area contributed by atoms with Gasteiger partial charge in [0.2, 0.25) is 17.7 Å². The Hall–Kier alpha value is -2.72. The third-order valence-corrected chi connectivity index (χ3v) is 7.98. The van der Waals surface area contributed by atoms with E-state index in [4.69, 9.17) is 9.47 Å². The Morgan fingerprint density at radius 2 is 2.00 bits per heavy atom. The van der Waals surface area contributed by atoms with Crippen molar-refractivity contribution in [1.29, 1.82) is 0 Å². The Morgan fingerprint density at radius 3 is 2.62 bits per heavy atom. The first kappa shape index (κ1) is 30.8. The lowest BCUT2D eigenvalue weighted by Gasteiger charge is -2.42. The molecule has 3 aliphatic heterocycles. The number of aliphatic hydroxyl groups is 1. The Balaban J connectivity index is 1.85. The maximum absolute atomic E-state index is 14.2. The van der Waals surface area contributed by atoms with Crippen molar-refractivity contribution in [3.05, 3.63) is 25.3 Å². The molecule has 0 saturated carbocycles. The lowest BCUT2D eigenvalue weighted by Crippen LogP contribution is -2.60. The first-order valence-corrected chi connectivity index (χ1v) is 14.0. The number of unbranched alkanes of at least 4 members (excludes halogenated alkanes) is 1. The van der Waals surface area contributed by atoms with Crippen LogP contribution in [0.2, 0.25) is 0 Å². The summed E-state index contributed by atoms with van der Waals surface area (Å²) in [4.78, 5) is 56.8. The van der Waals surface area contributed by atoms with Crippen LogP contribution in [0.25, 0.3) is 0 Å². The van der Waals surface area contributed by atoms with Crippen LogP contribution >= 0.6 is 0 Å². The molecule has 0 radical (unpaired) electrons. The zero-order valence-corrected chi connectivity index (χ0v) is 23.8. The van der Waals surface area contributed by atoms with E-state index in [-0.39, 0.29) is 37.4 Å². The highest BCUT2D eigenvalue weighted by Crippen LogP contribution is 2.59. The number of carbonyl (C=O) groups excluding carboxylic acids is 4. The number of likely N-dealkylation sites (tertiary alicyclic amines) is 1. The molecule has 0 unspecified atom stereocenters. The van der Waals surface area contributed by atoms with Gasteiger partial charge in [-0.25, -0.2) is 0 Å². The normalized spacial score (nSPS) is 28.1. The minimum atomic E-state index is -1.12. The number of rotatable bonds is 14. The number of fused-ring (bicyclic) bond motifs is 1. The molecule has 2 bridgehead atoms. The minimum Gasteiger partial charge on any atom is -0.460 e. The molecule has 3 amide bonds. The van der Waals surface area contributed by atoms with Crippen molar-refractivity contribution >= 4 is 23.7 Å². The molecule has 3 aliphatic rings. The van der Waals surface area contributed by atoms with Crippen LogP contribution in [0.1, 0.15) is 66.2 Å². The van der Waals surface area contributed by atoms with Gasteiger partial charge in [0.05, 0.1) is 24.5 Å². The number of allylic oxidation sites excluding steroid dienone is 1. The molecule has 10 heteroatoms. The largest absolute Gasteiger partial charge is 0.460 e. The van der Waals surface area contributed by atoms with E-state index in [1.54, 1.807) is 28.9 Å². The van der Waals surface area contributed by atoms with E-state index in [0.29, 0.717) is 45.1 Å². The summed E-state index contributed by atoms with van der Waals surface area (Å²) in [7, 11) is 0. The van der Waals surface area contributed by atoms with Crippen molar-refractivity contribution in [2.75, 3.05) is 26.2 Å². The molecule has 3 rings (SSSR count). The molecule has 218 valence electrons. The zero-order valence-electron chi connectivity index (χ0n) is 23.8. The third kappa shape index (κ3) is 6.22. The van der Waals surface area contributed by atoms with Gasteiger partial charge in [-0.05, 0) is 59.8 Å². The highest BCUT2D eigenvalue weighted by Gasteiger charge is 2.75. The van der Waals surface area contributed by atoms with Crippen LogP contribution in [-0.2, 0) is 28.7 Å². The summed E-state index contributed by atoms with van der Waals surface area (Å²) in [5.41, 5.74) is -1.64. The van der Waals surface area contributed by atoms with Crippen LogP contribution in [0.3, 0.4) is 0 Å². The van der Waals surface area contributed by atoms with E-state index in [1.165, 1.54) is 0 Å². The average molecular weight is 548 g/mol. The Labute approximate surface area is 231 Å². The Kier molecular flexibility index (Phi) is 9.98. The lowest BCUT2D eigenvalue weighted by atomic mass is 9.70. The van der Waals surface area contributed by atoms with Gasteiger partial charge in [-0.15, -0.1) is 13.2 Å². The van der Waals surface area contributed by atoms with Crippen molar-refractivity contribution in [3.63, 3.8) is 0 Å². The van der Waals surface area contributed by atoms with Gasteiger partial charge in [0.1, 0.15) is 17.7 Å². The third-order valence-electron chi connectivity index (χ3n) is 7.98. The average Bonchev–Trinajstić information content (AvgIpc) is 3.51. The highest BCUT2D eigenvalue weighted by atomic mass is 16.6. The molecule has 2 N–H and O–H groups in total. The Morgan fingerprint density at radius 1 is 1.28 bits per heavy atom. The molecular weight excluding hydrogens is 502 g/mol. The summed E-state index contributed by atoms with van der Waals surface area (Å²) < 4.78 is 12.2. The summed E-state index contributed by atoms with van der Waals surface area (Å²) in [6.07, 6.45) is 5.12. The van der Waals surface area contributed by atoms with Crippen LogP contribution in [0.5, 0.6) is 0 Å². The van der Waals surface area contributed by atoms with Crippen LogP contribution in [-0.4, -0.2) is 94.2 Å². The second kappa shape index (κ2) is 12.6. The molecule has 1 spiro atoms. The molecule has 0 aromatic rings. The molecule has 3 saturated heterocycles. The fourth-order valence-corrected chi connectivity index (χ4v) is 6.20. The monoisotopic (exact) mass is 547 g/mol. The minimum absolute atomic E-state index is 0.0185. The molecule has 0 aromatic carbocycles. The fraction of sp³-hybridized carbons (Fsp3) is 0.724. The van der Waals surface area contributed by atoms with E-state index < -0.39 is 47.2 Å². The predicted molar refractivity (Wildman–Crippen MR) is 145 cm³/mol. The first-order valence-electron chi connectivity index (χ1n) is 14.0. The van der Waals surface area contributed by atoms with Crippen LogP contribution in [0.4, 0.5) is 0 Å². The summed E-state index contributed by atoms with van der Waals surface area (Å²) in [6.45, 7) is 15.6. The fourth-order valence-electron chi connectivity index (χ4n) is 6.20. The van der Waals surface area contributed by atoms with Gasteiger partial charge in [-0.2, -0.15) is 0 Å². The SMILES string of the molecule is C=CCCC(=O)NC[C@@H](C)OC(=O)[C@@H]1[C@H]2C(=O)N(CCCCO)[C@H](C(=O)N(CC=C)C(C)(C)C)[C@]23CC[C@H]1O3. The topological polar surface area (TPSA) is 125 Å². The summed E-state index contributed by atoms with van der Waals surface area (Å²) in [6, 6.07) is -0.878. The van der Waals surface area contributed by atoms with Gasteiger partial charge in [0, 0.05) is 31.7 Å². The van der Waals surface area contributed by atoms with Crippen molar-refractivity contribution in [2.45, 2.75) is 95.6 Å². The maximum Gasteiger partial charge on any atom is 0.312 e. The summed E-state index contributed by atoms with van der Waals surface area (Å²) in [5.74, 6) is -2.87. The van der Waals surface area contributed by atoms with Gasteiger partial charge in [0.25, 0.3) is 0 Å². The van der Waals surface area contributed by atoms with Gasteiger partial charge < -0.3 is 29.7 Å². The van der Waals surface area contributed by atoms with Crippen LogP contribution in [0, 0.1) is 11.8 Å². The van der Waals surface area contributed by atoms with Crippen LogP contribution in [0.15, 0.2) is 25.3 Å². The lowest BCUT2D eigenvalue weighted by molar-refractivity contribution is -0.159. The molecule has 10 nitrogen and oxygen atoms in total. The van der Waals surface area contributed by atoms with Gasteiger partial charge in [-0.3, -0.25) is 19.2 Å². The number of nitrogens with zero attached hydrogens (tertiary/aromatic N) is 2. The molecule has 0 aromatic heterocycles. The molecule has 3 fully saturated rings. The van der Waals surface area contributed by atoms with Gasteiger partial charge >= 0.3 is 5.97 Å². The van der Waals surface area contributed by atoms with Crippen LogP contribution < -0.4 is 5.32 Å². The van der Waals surface area contributed by atoms with E-state index in [9.17, 15) is 24.3 Å². The van der Waals surface area contributed by atoms with Crippen molar-refractivity contribution in [3.8, 4) is 0 Å². The van der Waals surface area contributed by atoms with Gasteiger partial charge in [-0.1, -0.05) is 12.2 Å². The predicted octanol–water partition coefficient (Wildman–Crippen LogP) is 1.96. The molecule has 6 atom stereocenters. The molecule has 0 aliphatic carbocycles. The first-order chi connectivity index (χ1) is 18.4. The summed E-state index contributed by atoms with van der Waals surface area (Å²) in [5, 5.41) is 12.1. The number of hydrogen-bond acceptors (Lipinski definition) is 7. The number of aliphatic hydroxyl groups excluding tert-OH is 1. The van der Waals surface area contributed by atoms with E-state index in [0.717, 1.165) is 0 Å². The van der Waals surface area contributed by atoms with E-state index >= 15 is 0 Å². The quantitative estimate of drug-likeness (QED) is 0.193. The number of amides is 3. The molecular formula is C29H45N3O7. The summed E-state index contributed by atoms with van der Waals surface area (Å²) >= 11 is 0. The number of esters is 1. The zero-order chi connectivity index (χ0) is 29.0. The van der Waals surface area contributed by atoms with E-state index in [1.807, 2.05) is 20.8 Å². The number of ether oxygens (including phenoxy) is 2. The second-order valence-corrected chi connectivity index (χ2v) is 11.8. The smallest absolute Gasteiger partial charge is 0.312 e. The number of carbonyl (C=O) groups is 4. The van der Waals surface area contributed by atoms with Crippen molar-refractivity contribution in [2.24, 2.45) is 11.8 Å².